The van der Waals surface area contributed by atoms with E-state index in [2.05, 4.69) is 34.5 Å². The molecule has 202 valence electrons. The molecule has 1 N–H and O–H groups in total. The Bertz CT molecular complexity index is 1710. The first-order chi connectivity index (χ1) is 19.5. The number of aromatic nitrogens is 2. The highest BCUT2D eigenvalue weighted by molar-refractivity contribution is 7.99. The lowest BCUT2D eigenvalue weighted by molar-refractivity contribution is -0.118. The molecule has 0 fully saturated rings. The number of hydrogen-bond donors (Lipinski definition) is 1. The molecular formula is C32H30N4O2S2. The summed E-state index contributed by atoms with van der Waals surface area (Å²) < 4.78 is 1.69. The molecule has 1 aliphatic rings. The Kier molecular flexibility index (Phi) is 7.82. The van der Waals surface area contributed by atoms with Gasteiger partial charge in [0.15, 0.2) is 5.16 Å². The predicted octanol–water partition coefficient (Wildman–Crippen LogP) is 5.72. The van der Waals surface area contributed by atoms with Crippen LogP contribution in [0.15, 0.2) is 94.9 Å². The molecule has 3 aromatic carbocycles. The number of nitrogens with zero attached hydrogens (tertiary/aromatic N) is 3. The number of carbonyl (C=O) groups excluding carboxylic acids is 1. The molecule has 0 bridgehead atoms. The minimum Gasteiger partial charge on any atom is -0.351 e. The number of fused-ring (bicyclic) bond motifs is 3. The van der Waals surface area contributed by atoms with Gasteiger partial charge in [-0.25, -0.2) is 4.98 Å². The summed E-state index contributed by atoms with van der Waals surface area (Å²) in [7, 11) is 0. The van der Waals surface area contributed by atoms with Gasteiger partial charge in [0.1, 0.15) is 4.83 Å². The van der Waals surface area contributed by atoms with Crippen molar-refractivity contribution in [3.63, 3.8) is 0 Å². The third-order valence-electron chi connectivity index (χ3n) is 7.10. The molecule has 6 rings (SSSR count). The molecule has 0 unspecified atom stereocenters. The van der Waals surface area contributed by atoms with Crippen LogP contribution in [0.4, 0.5) is 0 Å². The van der Waals surface area contributed by atoms with Crippen molar-refractivity contribution in [1.29, 1.82) is 0 Å². The van der Waals surface area contributed by atoms with E-state index in [9.17, 15) is 9.59 Å². The second-order valence-electron chi connectivity index (χ2n) is 10.1. The van der Waals surface area contributed by atoms with Crippen molar-refractivity contribution in [2.45, 2.75) is 38.1 Å². The number of hydrogen-bond acceptors (Lipinski definition) is 6. The minimum absolute atomic E-state index is 0.0585. The Hall–Kier alpha value is -3.72. The van der Waals surface area contributed by atoms with Crippen LogP contribution >= 0.6 is 23.1 Å². The lowest BCUT2D eigenvalue weighted by Gasteiger charge is -2.26. The molecule has 0 aliphatic carbocycles. The maximum absolute atomic E-state index is 14.1. The maximum Gasteiger partial charge on any atom is 0.267 e. The van der Waals surface area contributed by atoms with E-state index < -0.39 is 0 Å². The molecule has 0 spiro atoms. The standard InChI is InChI=1S/C32H30N4O2S2/c1-22-9-8-14-25(17-22)36-31(38)29-26-15-16-35(19-24-12-6-3-7-13-24)20-27(26)40-30(29)34-32(36)39-21-28(37)33-18-23-10-4-2-5-11-23/h2-14,17H,15-16,18-21H2,1H3,(H,33,37). The van der Waals surface area contributed by atoms with Crippen LogP contribution in [-0.4, -0.2) is 32.7 Å². The fraction of sp³-hybridized carbons (Fsp3) is 0.219. The van der Waals surface area contributed by atoms with Gasteiger partial charge in [-0.1, -0.05) is 84.6 Å². The lowest BCUT2D eigenvalue weighted by Crippen LogP contribution is -2.30. The van der Waals surface area contributed by atoms with Crippen molar-refractivity contribution in [1.82, 2.24) is 19.8 Å². The molecule has 5 aromatic rings. The van der Waals surface area contributed by atoms with E-state index in [0.717, 1.165) is 58.6 Å². The maximum atomic E-state index is 14.1. The summed E-state index contributed by atoms with van der Waals surface area (Å²) in [6, 6.07) is 28.2. The van der Waals surface area contributed by atoms with E-state index in [1.807, 2.05) is 67.6 Å². The van der Waals surface area contributed by atoms with Crippen LogP contribution in [0.25, 0.3) is 15.9 Å². The van der Waals surface area contributed by atoms with Gasteiger partial charge in [-0.2, -0.15) is 0 Å². The van der Waals surface area contributed by atoms with Crippen molar-refractivity contribution in [3.8, 4) is 5.69 Å². The monoisotopic (exact) mass is 566 g/mol. The zero-order valence-corrected chi connectivity index (χ0v) is 23.9. The average Bonchev–Trinajstić information content (AvgIpc) is 3.34. The summed E-state index contributed by atoms with van der Waals surface area (Å²) in [4.78, 5) is 36.2. The van der Waals surface area contributed by atoms with Crippen molar-refractivity contribution >= 4 is 39.2 Å². The first-order valence-corrected chi connectivity index (χ1v) is 15.2. The minimum atomic E-state index is -0.0963. The van der Waals surface area contributed by atoms with Crippen molar-refractivity contribution < 1.29 is 4.79 Å². The largest absolute Gasteiger partial charge is 0.351 e. The number of aryl methyl sites for hydroxylation is 1. The number of amides is 1. The van der Waals surface area contributed by atoms with E-state index in [0.29, 0.717) is 11.7 Å². The van der Waals surface area contributed by atoms with E-state index in [1.54, 1.807) is 15.9 Å². The van der Waals surface area contributed by atoms with Crippen LogP contribution in [0, 0.1) is 6.92 Å². The highest BCUT2D eigenvalue weighted by atomic mass is 32.2. The molecule has 0 radical (unpaired) electrons. The summed E-state index contributed by atoms with van der Waals surface area (Å²) in [5.41, 5.74) is 5.23. The predicted molar refractivity (Wildman–Crippen MR) is 163 cm³/mol. The fourth-order valence-corrected chi connectivity index (χ4v) is 7.27. The third-order valence-corrected chi connectivity index (χ3v) is 9.15. The smallest absolute Gasteiger partial charge is 0.267 e. The Morgan fingerprint density at radius 3 is 2.50 bits per heavy atom. The normalized spacial score (nSPS) is 13.3. The third kappa shape index (κ3) is 5.75. The number of nitrogens with one attached hydrogen (secondary N) is 1. The molecule has 6 nitrogen and oxygen atoms in total. The van der Waals surface area contributed by atoms with Crippen LogP contribution in [0.5, 0.6) is 0 Å². The lowest BCUT2D eigenvalue weighted by atomic mass is 10.0. The highest BCUT2D eigenvalue weighted by Crippen LogP contribution is 2.34. The zero-order chi connectivity index (χ0) is 27.5. The molecule has 2 aromatic heterocycles. The molecule has 1 aliphatic heterocycles. The Balaban J connectivity index is 1.30. The van der Waals surface area contributed by atoms with Gasteiger partial charge in [-0.3, -0.25) is 19.1 Å². The summed E-state index contributed by atoms with van der Waals surface area (Å²) in [6.07, 6.45) is 0.821. The Labute approximate surface area is 241 Å². The van der Waals surface area contributed by atoms with Gasteiger partial charge in [-0.05, 0) is 47.7 Å². The first-order valence-electron chi connectivity index (χ1n) is 13.4. The SMILES string of the molecule is Cc1cccc(-n2c(SCC(=O)NCc3ccccc3)nc3sc4c(c3c2=O)CCN(Cc2ccccc2)C4)c1. The fourth-order valence-electron chi connectivity index (χ4n) is 5.12. The average molecular weight is 567 g/mol. The van der Waals surface area contributed by atoms with Gasteiger partial charge in [0, 0.05) is 31.1 Å². The van der Waals surface area contributed by atoms with Crippen molar-refractivity contribution in [2.75, 3.05) is 12.3 Å². The number of thiophene rings is 1. The second kappa shape index (κ2) is 11.8. The van der Waals surface area contributed by atoms with Gasteiger partial charge in [0.05, 0.1) is 16.8 Å². The number of rotatable bonds is 8. The Morgan fingerprint density at radius 1 is 1.00 bits per heavy atom. The number of carbonyl (C=O) groups is 1. The van der Waals surface area contributed by atoms with Crippen LogP contribution in [-0.2, 0) is 30.8 Å². The molecule has 0 saturated carbocycles. The van der Waals surface area contributed by atoms with Gasteiger partial charge in [0.25, 0.3) is 5.56 Å². The zero-order valence-electron chi connectivity index (χ0n) is 22.3. The van der Waals surface area contributed by atoms with Crippen molar-refractivity contribution in [2.24, 2.45) is 0 Å². The van der Waals surface area contributed by atoms with Crippen LogP contribution in [0.3, 0.4) is 0 Å². The highest BCUT2D eigenvalue weighted by Gasteiger charge is 2.26. The summed E-state index contributed by atoms with van der Waals surface area (Å²) in [6.45, 7) is 5.07. The molecule has 0 atom stereocenters. The number of thioether (sulfide) groups is 1. The molecule has 40 heavy (non-hydrogen) atoms. The summed E-state index contributed by atoms with van der Waals surface area (Å²) >= 11 is 2.92. The van der Waals surface area contributed by atoms with Crippen LogP contribution in [0.2, 0.25) is 0 Å². The van der Waals surface area contributed by atoms with Gasteiger partial charge >= 0.3 is 0 Å². The van der Waals surface area contributed by atoms with Crippen LogP contribution in [0.1, 0.15) is 27.1 Å². The summed E-state index contributed by atoms with van der Waals surface area (Å²) in [5.74, 6) is 0.0769. The second-order valence-corrected chi connectivity index (χ2v) is 12.1. The first kappa shape index (κ1) is 26.5. The molecule has 3 heterocycles. The van der Waals surface area contributed by atoms with Crippen molar-refractivity contribution in [3.05, 3.63) is 122 Å². The van der Waals surface area contributed by atoms with Gasteiger partial charge in [-0.15, -0.1) is 11.3 Å². The van der Waals surface area contributed by atoms with Crippen LogP contribution < -0.4 is 10.9 Å². The van der Waals surface area contributed by atoms with E-state index in [-0.39, 0.29) is 17.2 Å². The topological polar surface area (TPSA) is 67.2 Å². The Morgan fingerprint density at radius 2 is 1.75 bits per heavy atom. The molecule has 0 saturated heterocycles. The quantitative estimate of drug-likeness (QED) is 0.192. The van der Waals surface area contributed by atoms with E-state index >= 15 is 0 Å². The molecule has 8 heteroatoms. The number of benzene rings is 3. The van der Waals surface area contributed by atoms with E-state index in [4.69, 9.17) is 4.98 Å². The molecular weight excluding hydrogens is 537 g/mol. The van der Waals surface area contributed by atoms with E-state index in [1.165, 1.54) is 22.2 Å². The molecule has 1 amide bonds. The van der Waals surface area contributed by atoms with Gasteiger partial charge in [0.2, 0.25) is 5.91 Å². The van der Waals surface area contributed by atoms with Gasteiger partial charge < -0.3 is 5.32 Å². The summed E-state index contributed by atoms with van der Waals surface area (Å²) in [5, 5.41) is 4.24.